The first-order valence-corrected chi connectivity index (χ1v) is 10.4. The van der Waals surface area contributed by atoms with Crippen molar-refractivity contribution >= 4 is 23.2 Å². The van der Waals surface area contributed by atoms with E-state index in [1.54, 1.807) is 42.2 Å². The monoisotopic (exact) mass is 402 g/mol. The van der Waals surface area contributed by atoms with Crippen molar-refractivity contribution in [1.82, 2.24) is 9.78 Å². The minimum atomic E-state index is -0.428. The minimum absolute atomic E-state index is 0.0702. The average molecular weight is 402 g/mol. The maximum absolute atomic E-state index is 12.5. The van der Waals surface area contributed by atoms with Crippen LogP contribution in [-0.4, -0.2) is 21.6 Å². The number of nitrogens with zero attached hydrogens (tertiary/aromatic N) is 2. The number of fused-ring (bicyclic) bond motifs is 1. The third-order valence-corrected chi connectivity index (χ3v) is 5.49. The number of amides is 2. The van der Waals surface area contributed by atoms with Gasteiger partial charge in [-0.15, -0.1) is 0 Å². The van der Waals surface area contributed by atoms with Gasteiger partial charge in [0, 0.05) is 23.8 Å². The summed E-state index contributed by atoms with van der Waals surface area (Å²) in [6.07, 6.45) is 8.44. The van der Waals surface area contributed by atoms with Crippen molar-refractivity contribution in [1.29, 1.82) is 0 Å². The molecule has 2 amide bonds. The summed E-state index contributed by atoms with van der Waals surface area (Å²) in [5.41, 5.74) is 5.11. The Bertz CT molecular complexity index is 1040. The van der Waals surface area contributed by atoms with Crippen LogP contribution in [-0.2, 0) is 28.9 Å². The van der Waals surface area contributed by atoms with Crippen LogP contribution in [0.25, 0.3) is 0 Å². The molecule has 3 aromatic rings. The third kappa shape index (κ3) is 4.76. The van der Waals surface area contributed by atoms with Crippen LogP contribution in [0.3, 0.4) is 0 Å². The molecule has 1 atom stereocenters. The fraction of sp³-hybridized carbons (Fsp3) is 0.292. The van der Waals surface area contributed by atoms with Crippen molar-refractivity contribution < 1.29 is 9.59 Å². The highest BCUT2D eigenvalue weighted by molar-refractivity contribution is 5.96. The number of carbonyl (C=O) groups is 2. The molecule has 2 aromatic carbocycles. The van der Waals surface area contributed by atoms with Crippen molar-refractivity contribution in [3.63, 3.8) is 0 Å². The van der Waals surface area contributed by atoms with E-state index in [0.717, 1.165) is 18.4 Å². The van der Waals surface area contributed by atoms with E-state index in [0.29, 0.717) is 17.8 Å². The van der Waals surface area contributed by atoms with Gasteiger partial charge >= 0.3 is 0 Å². The highest BCUT2D eigenvalue weighted by atomic mass is 16.2. The lowest BCUT2D eigenvalue weighted by atomic mass is 9.90. The SMILES string of the molecule is CC(C(=O)Nc1cccc(NC(=O)Cc2ccc3c(c2)CCCC3)c1)n1cccn1. The molecule has 6 heteroatoms. The predicted molar refractivity (Wildman–Crippen MR) is 117 cm³/mol. The van der Waals surface area contributed by atoms with Crippen molar-refractivity contribution in [3.05, 3.63) is 77.6 Å². The Kier molecular flexibility index (Phi) is 5.93. The van der Waals surface area contributed by atoms with E-state index in [1.165, 1.54) is 24.0 Å². The van der Waals surface area contributed by atoms with E-state index in [9.17, 15) is 9.59 Å². The summed E-state index contributed by atoms with van der Waals surface area (Å²) < 4.78 is 1.60. The van der Waals surface area contributed by atoms with Gasteiger partial charge in [-0.1, -0.05) is 24.3 Å². The van der Waals surface area contributed by atoms with Crippen molar-refractivity contribution in [2.24, 2.45) is 0 Å². The average Bonchev–Trinajstić information content (AvgIpc) is 3.28. The summed E-state index contributed by atoms with van der Waals surface area (Å²) in [6.45, 7) is 1.78. The molecule has 154 valence electrons. The van der Waals surface area contributed by atoms with Crippen LogP contribution in [0.5, 0.6) is 0 Å². The van der Waals surface area contributed by atoms with Crippen LogP contribution in [0.15, 0.2) is 60.9 Å². The van der Waals surface area contributed by atoms with Crippen LogP contribution >= 0.6 is 0 Å². The second-order valence-corrected chi connectivity index (χ2v) is 7.77. The van der Waals surface area contributed by atoms with Crippen LogP contribution in [0.2, 0.25) is 0 Å². The first kappa shape index (κ1) is 19.9. The molecule has 1 unspecified atom stereocenters. The standard InChI is InChI=1S/C24H26N4O2/c1-17(28-13-5-12-25-28)24(30)27-22-9-4-8-21(16-22)26-23(29)15-18-10-11-19-6-2-3-7-20(19)14-18/h4-5,8-14,16-17H,2-3,6-7,15H2,1H3,(H,26,29)(H,27,30). The Morgan fingerprint density at radius 1 is 1.00 bits per heavy atom. The van der Waals surface area contributed by atoms with Gasteiger partial charge in [0.25, 0.3) is 0 Å². The zero-order valence-corrected chi connectivity index (χ0v) is 17.1. The van der Waals surface area contributed by atoms with E-state index in [4.69, 9.17) is 0 Å². The number of nitrogens with one attached hydrogen (secondary N) is 2. The molecule has 0 aliphatic heterocycles. The molecular formula is C24H26N4O2. The first-order chi connectivity index (χ1) is 14.6. The maximum atomic E-state index is 12.5. The van der Waals surface area contributed by atoms with Gasteiger partial charge in [0.15, 0.2) is 0 Å². The van der Waals surface area contributed by atoms with Gasteiger partial charge in [-0.05, 0) is 73.6 Å². The zero-order valence-electron chi connectivity index (χ0n) is 17.1. The molecule has 0 fully saturated rings. The number of rotatable bonds is 6. The third-order valence-electron chi connectivity index (χ3n) is 5.49. The largest absolute Gasteiger partial charge is 0.326 e. The van der Waals surface area contributed by atoms with E-state index >= 15 is 0 Å². The van der Waals surface area contributed by atoms with Gasteiger partial charge in [0.2, 0.25) is 11.8 Å². The normalized spacial score (nSPS) is 13.9. The van der Waals surface area contributed by atoms with Crippen LogP contribution < -0.4 is 10.6 Å². The van der Waals surface area contributed by atoms with Crippen LogP contribution in [0, 0.1) is 0 Å². The molecule has 0 radical (unpaired) electrons. The number of benzene rings is 2. The van der Waals surface area contributed by atoms with Crippen LogP contribution in [0.4, 0.5) is 11.4 Å². The lowest BCUT2D eigenvalue weighted by Crippen LogP contribution is -2.24. The lowest BCUT2D eigenvalue weighted by molar-refractivity contribution is -0.119. The summed E-state index contributed by atoms with van der Waals surface area (Å²) in [4.78, 5) is 25.0. The fourth-order valence-electron chi connectivity index (χ4n) is 3.84. The number of hydrogen-bond donors (Lipinski definition) is 2. The highest BCUT2D eigenvalue weighted by Crippen LogP contribution is 2.23. The number of aryl methyl sites for hydroxylation is 2. The van der Waals surface area contributed by atoms with Crippen molar-refractivity contribution in [3.8, 4) is 0 Å². The molecule has 0 bridgehead atoms. The topological polar surface area (TPSA) is 76.0 Å². The Morgan fingerprint density at radius 2 is 1.77 bits per heavy atom. The first-order valence-electron chi connectivity index (χ1n) is 10.4. The molecule has 30 heavy (non-hydrogen) atoms. The molecular weight excluding hydrogens is 376 g/mol. The second-order valence-electron chi connectivity index (χ2n) is 7.77. The maximum Gasteiger partial charge on any atom is 0.248 e. The number of aromatic nitrogens is 2. The molecule has 1 aromatic heterocycles. The van der Waals surface area contributed by atoms with Crippen LogP contribution in [0.1, 0.15) is 42.5 Å². The summed E-state index contributed by atoms with van der Waals surface area (Å²) in [6, 6.07) is 14.9. The molecule has 1 heterocycles. The van der Waals surface area contributed by atoms with E-state index < -0.39 is 6.04 Å². The summed E-state index contributed by atoms with van der Waals surface area (Å²) >= 11 is 0. The molecule has 4 rings (SSSR count). The Labute approximate surface area is 176 Å². The van der Waals surface area contributed by atoms with E-state index in [2.05, 4.69) is 33.9 Å². The smallest absolute Gasteiger partial charge is 0.248 e. The molecule has 1 aliphatic rings. The Morgan fingerprint density at radius 3 is 2.53 bits per heavy atom. The molecule has 1 aliphatic carbocycles. The molecule has 0 spiro atoms. The van der Waals surface area contributed by atoms with E-state index in [1.807, 2.05) is 12.1 Å². The highest BCUT2D eigenvalue weighted by Gasteiger charge is 2.15. The van der Waals surface area contributed by atoms with Gasteiger partial charge in [0.05, 0.1) is 6.42 Å². The molecule has 0 saturated carbocycles. The van der Waals surface area contributed by atoms with Gasteiger partial charge < -0.3 is 10.6 Å². The second kappa shape index (κ2) is 8.95. The van der Waals surface area contributed by atoms with Gasteiger partial charge in [0.1, 0.15) is 6.04 Å². The lowest BCUT2D eigenvalue weighted by Gasteiger charge is -2.16. The predicted octanol–water partition coefficient (Wildman–Crippen LogP) is 4.14. The number of anilines is 2. The fourth-order valence-corrected chi connectivity index (χ4v) is 3.84. The molecule has 6 nitrogen and oxygen atoms in total. The van der Waals surface area contributed by atoms with Gasteiger partial charge in [-0.2, -0.15) is 5.10 Å². The number of carbonyl (C=O) groups excluding carboxylic acids is 2. The summed E-state index contributed by atoms with van der Waals surface area (Å²) in [7, 11) is 0. The van der Waals surface area contributed by atoms with E-state index in [-0.39, 0.29) is 11.8 Å². The number of hydrogen-bond acceptors (Lipinski definition) is 3. The van der Waals surface area contributed by atoms with Crippen molar-refractivity contribution in [2.75, 3.05) is 10.6 Å². The Balaban J connectivity index is 1.37. The van der Waals surface area contributed by atoms with Gasteiger partial charge in [-0.25, -0.2) is 0 Å². The quantitative estimate of drug-likeness (QED) is 0.651. The molecule has 2 N–H and O–H groups in total. The molecule has 0 saturated heterocycles. The minimum Gasteiger partial charge on any atom is -0.326 e. The Hall–Kier alpha value is -3.41. The summed E-state index contributed by atoms with van der Waals surface area (Å²) in [5.74, 6) is -0.240. The summed E-state index contributed by atoms with van der Waals surface area (Å²) in [5, 5.41) is 9.91. The van der Waals surface area contributed by atoms with Crippen molar-refractivity contribution in [2.45, 2.75) is 45.1 Å². The zero-order chi connectivity index (χ0) is 20.9. The van der Waals surface area contributed by atoms with Gasteiger partial charge in [-0.3, -0.25) is 14.3 Å².